The molecule has 3 aromatic rings. The Bertz CT molecular complexity index is 597. The third kappa shape index (κ3) is 4.21. The molecule has 0 aromatic carbocycles. The van der Waals surface area contributed by atoms with Crippen molar-refractivity contribution in [1.82, 2.24) is 14.9 Å². The summed E-state index contributed by atoms with van der Waals surface area (Å²) < 4.78 is 0. The maximum atomic E-state index is 4.43. The minimum absolute atomic E-state index is 0.827. The van der Waals surface area contributed by atoms with Gasteiger partial charge in [0.1, 0.15) is 0 Å². The van der Waals surface area contributed by atoms with Crippen molar-refractivity contribution >= 4 is 11.3 Å². The first-order valence-corrected chi connectivity index (χ1v) is 7.88. The van der Waals surface area contributed by atoms with Crippen molar-refractivity contribution in [1.29, 1.82) is 0 Å². The van der Waals surface area contributed by atoms with E-state index in [1.165, 1.54) is 5.56 Å². The maximum absolute atomic E-state index is 4.43. The van der Waals surface area contributed by atoms with Crippen molar-refractivity contribution in [3.05, 3.63) is 82.6 Å². The number of aromatic nitrogens is 2. The van der Waals surface area contributed by atoms with Crippen LogP contribution in [0.4, 0.5) is 0 Å². The Labute approximate surface area is 128 Å². The van der Waals surface area contributed by atoms with Crippen LogP contribution < -0.4 is 0 Å². The third-order valence-electron chi connectivity index (χ3n) is 3.21. The summed E-state index contributed by atoms with van der Waals surface area (Å²) in [6.45, 7) is 2.57. The van der Waals surface area contributed by atoms with Crippen LogP contribution in [0, 0.1) is 0 Å². The summed E-state index contributed by atoms with van der Waals surface area (Å²) in [5.74, 6) is 0. The Kier molecular flexibility index (Phi) is 4.71. The van der Waals surface area contributed by atoms with E-state index in [9.17, 15) is 0 Å². The van der Waals surface area contributed by atoms with Crippen molar-refractivity contribution in [3.63, 3.8) is 0 Å². The summed E-state index contributed by atoms with van der Waals surface area (Å²) in [6.07, 6.45) is 3.69. The van der Waals surface area contributed by atoms with Crippen molar-refractivity contribution in [2.24, 2.45) is 0 Å². The van der Waals surface area contributed by atoms with Crippen molar-refractivity contribution in [2.45, 2.75) is 19.6 Å². The van der Waals surface area contributed by atoms with Gasteiger partial charge >= 0.3 is 0 Å². The molecule has 0 bridgehead atoms. The lowest BCUT2D eigenvalue weighted by atomic mass is 10.2. The largest absolute Gasteiger partial charge is 0.287 e. The van der Waals surface area contributed by atoms with Crippen LogP contribution in [-0.4, -0.2) is 14.9 Å². The number of hydrogen-bond acceptors (Lipinski definition) is 4. The molecule has 106 valence electrons. The highest BCUT2D eigenvalue weighted by atomic mass is 32.1. The van der Waals surface area contributed by atoms with E-state index >= 15 is 0 Å². The summed E-state index contributed by atoms with van der Waals surface area (Å²) in [7, 11) is 0. The highest BCUT2D eigenvalue weighted by molar-refractivity contribution is 7.07. The normalized spacial score (nSPS) is 10.9. The van der Waals surface area contributed by atoms with Crippen LogP contribution >= 0.6 is 11.3 Å². The van der Waals surface area contributed by atoms with Crippen LogP contribution in [0.25, 0.3) is 0 Å². The molecule has 0 fully saturated rings. The standard InChI is InChI=1S/C17H17N3S/c1-3-8-18-16(5-1)12-20(11-15-7-10-21-14-15)13-17-6-2-4-9-19-17/h1-10,14H,11-13H2. The van der Waals surface area contributed by atoms with Gasteiger partial charge in [0.25, 0.3) is 0 Å². The summed E-state index contributed by atoms with van der Waals surface area (Å²) >= 11 is 1.74. The zero-order valence-corrected chi connectivity index (χ0v) is 12.5. The van der Waals surface area contributed by atoms with Crippen LogP contribution in [0.3, 0.4) is 0 Å². The van der Waals surface area contributed by atoms with E-state index in [0.717, 1.165) is 31.0 Å². The van der Waals surface area contributed by atoms with Gasteiger partial charge in [-0.15, -0.1) is 0 Å². The lowest BCUT2D eigenvalue weighted by Crippen LogP contribution is -2.23. The molecule has 3 rings (SSSR count). The molecule has 0 saturated heterocycles. The second-order valence-electron chi connectivity index (χ2n) is 4.92. The van der Waals surface area contributed by atoms with Gasteiger partial charge in [0.15, 0.2) is 0 Å². The number of thiophene rings is 1. The van der Waals surface area contributed by atoms with E-state index in [0.29, 0.717) is 0 Å². The van der Waals surface area contributed by atoms with Gasteiger partial charge in [0.2, 0.25) is 0 Å². The quantitative estimate of drug-likeness (QED) is 0.693. The van der Waals surface area contributed by atoms with E-state index in [4.69, 9.17) is 0 Å². The van der Waals surface area contributed by atoms with Gasteiger partial charge in [-0.25, -0.2) is 0 Å². The number of pyridine rings is 2. The maximum Gasteiger partial charge on any atom is 0.0544 e. The first-order valence-electron chi connectivity index (χ1n) is 6.93. The monoisotopic (exact) mass is 295 g/mol. The molecular formula is C17H17N3S. The Morgan fingerprint density at radius 3 is 1.95 bits per heavy atom. The molecule has 0 unspecified atom stereocenters. The van der Waals surface area contributed by atoms with Crippen LogP contribution in [0.1, 0.15) is 17.0 Å². The molecule has 0 aliphatic rings. The zero-order valence-electron chi connectivity index (χ0n) is 11.7. The molecule has 0 atom stereocenters. The molecule has 3 heterocycles. The lowest BCUT2D eigenvalue weighted by Gasteiger charge is -2.21. The van der Waals surface area contributed by atoms with Gasteiger partial charge in [-0.2, -0.15) is 11.3 Å². The van der Waals surface area contributed by atoms with E-state index in [2.05, 4.69) is 43.8 Å². The fourth-order valence-electron chi connectivity index (χ4n) is 2.25. The summed E-state index contributed by atoms with van der Waals surface area (Å²) in [5, 5.41) is 4.32. The van der Waals surface area contributed by atoms with Gasteiger partial charge < -0.3 is 0 Å². The average Bonchev–Trinajstić information content (AvgIpc) is 3.02. The molecule has 0 aliphatic heterocycles. The fraction of sp³-hybridized carbons (Fsp3) is 0.176. The smallest absolute Gasteiger partial charge is 0.0544 e. The van der Waals surface area contributed by atoms with Gasteiger partial charge in [-0.1, -0.05) is 12.1 Å². The van der Waals surface area contributed by atoms with Crippen molar-refractivity contribution < 1.29 is 0 Å². The topological polar surface area (TPSA) is 29.0 Å². The average molecular weight is 295 g/mol. The highest BCUT2D eigenvalue weighted by Crippen LogP contribution is 2.14. The molecule has 3 nitrogen and oxygen atoms in total. The lowest BCUT2D eigenvalue weighted by molar-refractivity contribution is 0.242. The molecule has 0 aliphatic carbocycles. The minimum Gasteiger partial charge on any atom is -0.287 e. The molecule has 21 heavy (non-hydrogen) atoms. The second-order valence-corrected chi connectivity index (χ2v) is 5.70. The summed E-state index contributed by atoms with van der Waals surface area (Å²) in [4.78, 5) is 11.2. The SMILES string of the molecule is c1ccc(CN(Cc2ccsc2)Cc2ccccn2)nc1. The molecule has 0 amide bonds. The minimum atomic E-state index is 0.827. The first-order chi connectivity index (χ1) is 10.4. The number of nitrogens with zero attached hydrogens (tertiary/aromatic N) is 3. The van der Waals surface area contributed by atoms with Gasteiger partial charge in [0, 0.05) is 32.0 Å². The van der Waals surface area contributed by atoms with E-state index < -0.39 is 0 Å². The summed E-state index contributed by atoms with van der Waals surface area (Å²) in [5.41, 5.74) is 3.51. The van der Waals surface area contributed by atoms with E-state index in [-0.39, 0.29) is 0 Å². The second kappa shape index (κ2) is 7.11. The predicted octanol–water partition coefficient (Wildman–Crippen LogP) is 3.74. The fourth-order valence-corrected chi connectivity index (χ4v) is 2.91. The van der Waals surface area contributed by atoms with Crippen LogP contribution in [-0.2, 0) is 19.6 Å². The summed E-state index contributed by atoms with van der Waals surface area (Å²) in [6, 6.07) is 14.3. The van der Waals surface area contributed by atoms with Crippen LogP contribution in [0.15, 0.2) is 65.6 Å². The third-order valence-corrected chi connectivity index (χ3v) is 3.94. The predicted molar refractivity (Wildman–Crippen MR) is 85.7 cm³/mol. The molecule has 0 radical (unpaired) electrons. The molecule has 0 saturated carbocycles. The first kappa shape index (κ1) is 13.9. The molecule has 3 aromatic heterocycles. The van der Waals surface area contributed by atoms with Gasteiger partial charge in [0.05, 0.1) is 11.4 Å². The Balaban J connectivity index is 1.74. The molecule has 4 heteroatoms. The molecule has 0 N–H and O–H groups in total. The Morgan fingerprint density at radius 1 is 0.810 bits per heavy atom. The van der Waals surface area contributed by atoms with E-state index in [1.807, 2.05) is 36.7 Å². The highest BCUT2D eigenvalue weighted by Gasteiger charge is 2.09. The van der Waals surface area contributed by atoms with Gasteiger partial charge in [-0.3, -0.25) is 14.9 Å². The molecular weight excluding hydrogens is 278 g/mol. The van der Waals surface area contributed by atoms with Crippen LogP contribution in [0.5, 0.6) is 0 Å². The Hall–Kier alpha value is -2.04. The zero-order chi connectivity index (χ0) is 14.3. The van der Waals surface area contributed by atoms with Gasteiger partial charge in [-0.05, 0) is 46.7 Å². The van der Waals surface area contributed by atoms with Crippen molar-refractivity contribution in [2.75, 3.05) is 0 Å². The van der Waals surface area contributed by atoms with E-state index in [1.54, 1.807) is 11.3 Å². The van der Waals surface area contributed by atoms with Crippen molar-refractivity contribution in [3.8, 4) is 0 Å². The number of hydrogen-bond donors (Lipinski definition) is 0. The van der Waals surface area contributed by atoms with Crippen LogP contribution in [0.2, 0.25) is 0 Å². The Morgan fingerprint density at radius 2 is 1.48 bits per heavy atom. The molecule has 0 spiro atoms. The number of rotatable bonds is 6.